The summed E-state index contributed by atoms with van der Waals surface area (Å²) in [4.78, 5) is 15.4. The highest BCUT2D eigenvalue weighted by Gasteiger charge is 2.34. The molecule has 0 radical (unpaired) electrons. The van der Waals surface area contributed by atoms with Crippen LogP contribution in [0, 0.1) is 5.92 Å². The minimum absolute atomic E-state index is 0.104. The van der Waals surface area contributed by atoms with Crippen molar-refractivity contribution < 1.29 is 18.0 Å². The van der Waals surface area contributed by atoms with E-state index in [1.54, 1.807) is 11.8 Å². The van der Waals surface area contributed by atoms with Crippen LogP contribution in [-0.2, 0) is 4.79 Å². The Balaban J connectivity index is 1.89. The van der Waals surface area contributed by atoms with E-state index in [9.17, 15) is 18.0 Å². The van der Waals surface area contributed by atoms with Gasteiger partial charge in [-0.05, 0) is 5.56 Å². The summed E-state index contributed by atoms with van der Waals surface area (Å²) in [7, 11) is 0. The fourth-order valence-corrected chi connectivity index (χ4v) is 2.79. The quantitative estimate of drug-likeness (QED) is 0.919. The van der Waals surface area contributed by atoms with Gasteiger partial charge in [-0.15, -0.1) is 0 Å². The van der Waals surface area contributed by atoms with E-state index >= 15 is 0 Å². The molecule has 2 unspecified atom stereocenters. The molecular formula is C16H22F3N3O. The first-order chi connectivity index (χ1) is 10.8. The van der Waals surface area contributed by atoms with Crippen molar-refractivity contribution >= 4 is 5.91 Å². The standard InChI is InChI=1S/C16H22F3N3O/c1-12(14(20)13-5-3-2-4-6-13)15(23)22-9-7-21(8-10-22)11-16(17,18)19/h2-6,12,14H,7-11,20H2,1H3. The first-order valence-electron chi connectivity index (χ1n) is 7.66. The number of carbonyl (C=O) groups is 1. The van der Waals surface area contributed by atoms with Crippen LogP contribution in [-0.4, -0.2) is 54.6 Å². The molecule has 0 aliphatic carbocycles. The average Bonchev–Trinajstić information content (AvgIpc) is 2.53. The molecule has 1 aliphatic rings. The van der Waals surface area contributed by atoms with Crippen LogP contribution in [0.25, 0.3) is 0 Å². The van der Waals surface area contributed by atoms with Gasteiger partial charge in [-0.3, -0.25) is 9.69 Å². The van der Waals surface area contributed by atoms with Gasteiger partial charge in [0.2, 0.25) is 5.91 Å². The van der Waals surface area contributed by atoms with Crippen molar-refractivity contribution in [1.82, 2.24) is 9.80 Å². The van der Waals surface area contributed by atoms with E-state index in [0.29, 0.717) is 13.1 Å². The number of halogens is 3. The predicted molar refractivity (Wildman–Crippen MR) is 81.6 cm³/mol. The number of hydrogen-bond acceptors (Lipinski definition) is 3. The molecule has 1 aromatic rings. The minimum atomic E-state index is -4.20. The SMILES string of the molecule is CC(C(=O)N1CCN(CC(F)(F)F)CC1)C(N)c1ccccc1. The maximum atomic E-state index is 12.5. The number of nitrogens with zero attached hydrogens (tertiary/aromatic N) is 2. The second kappa shape index (κ2) is 7.31. The van der Waals surface area contributed by atoms with Crippen molar-refractivity contribution in [1.29, 1.82) is 0 Å². The normalized spacial score (nSPS) is 19.4. The lowest BCUT2D eigenvalue weighted by atomic mass is 9.94. The summed E-state index contributed by atoms with van der Waals surface area (Å²) in [6.45, 7) is 1.93. The summed E-state index contributed by atoms with van der Waals surface area (Å²) in [5.41, 5.74) is 7.03. The van der Waals surface area contributed by atoms with E-state index in [4.69, 9.17) is 5.73 Å². The highest BCUT2D eigenvalue weighted by atomic mass is 19.4. The van der Waals surface area contributed by atoms with Crippen LogP contribution in [0.2, 0.25) is 0 Å². The Bertz CT molecular complexity index is 513. The Hall–Kier alpha value is -1.60. The molecule has 23 heavy (non-hydrogen) atoms. The maximum Gasteiger partial charge on any atom is 0.401 e. The fraction of sp³-hybridized carbons (Fsp3) is 0.562. The van der Waals surface area contributed by atoms with Crippen LogP contribution in [0.15, 0.2) is 30.3 Å². The molecule has 2 N–H and O–H groups in total. The van der Waals surface area contributed by atoms with Crippen LogP contribution in [0.3, 0.4) is 0 Å². The average molecular weight is 329 g/mol. The number of benzene rings is 1. The zero-order valence-electron chi connectivity index (χ0n) is 13.1. The highest BCUT2D eigenvalue weighted by Crippen LogP contribution is 2.22. The van der Waals surface area contributed by atoms with E-state index in [2.05, 4.69) is 0 Å². The van der Waals surface area contributed by atoms with E-state index in [0.717, 1.165) is 5.56 Å². The third-order valence-corrected chi connectivity index (χ3v) is 4.20. The molecule has 128 valence electrons. The minimum Gasteiger partial charge on any atom is -0.340 e. The van der Waals surface area contributed by atoms with Crippen LogP contribution in [0.1, 0.15) is 18.5 Å². The van der Waals surface area contributed by atoms with Gasteiger partial charge in [0.25, 0.3) is 0 Å². The van der Waals surface area contributed by atoms with Crippen molar-refractivity contribution in [2.45, 2.75) is 19.1 Å². The van der Waals surface area contributed by atoms with Crippen LogP contribution in [0.5, 0.6) is 0 Å². The summed E-state index contributed by atoms with van der Waals surface area (Å²) in [6.07, 6.45) is -4.20. The number of carbonyl (C=O) groups excluding carboxylic acids is 1. The number of hydrogen-bond donors (Lipinski definition) is 1. The molecule has 4 nitrogen and oxygen atoms in total. The van der Waals surface area contributed by atoms with Crippen molar-refractivity contribution in [2.24, 2.45) is 11.7 Å². The molecule has 1 aliphatic heterocycles. The van der Waals surface area contributed by atoms with E-state index in [1.165, 1.54) is 4.90 Å². The topological polar surface area (TPSA) is 49.6 Å². The van der Waals surface area contributed by atoms with Crippen molar-refractivity contribution in [3.63, 3.8) is 0 Å². The van der Waals surface area contributed by atoms with Crippen LogP contribution in [0.4, 0.5) is 13.2 Å². The summed E-state index contributed by atoms with van der Waals surface area (Å²) in [5.74, 6) is -0.514. The molecule has 1 fully saturated rings. The monoisotopic (exact) mass is 329 g/mol. The summed E-state index contributed by atoms with van der Waals surface area (Å²) < 4.78 is 37.1. The van der Waals surface area contributed by atoms with Crippen LogP contribution < -0.4 is 5.73 Å². The molecule has 1 saturated heterocycles. The summed E-state index contributed by atoms with van der Waals surface area (Å²) in [6, 6.07) is 8.93. The van der Waals surface area contributed by atoms with Crippen molar-refractivity contribution in [3.05, 3.63) is 35.9 Å². The molecule has 1 aromatic carbocycles. The van der Waals surface area contributed by atoms with Crippen molar-refractivity contribution in [3.8, 4) is 0 Å². The Labute approximate surface area is 134 Å². The number of piperazine rings is 1. The number of alkyl halides is 3. The smallest absolute Gasteiger partial charge is 0.340 e. The first-order valence-corrected chi connectivity index (χ1v) is 7.66. The fourth-order valence-electron chi connectivity index (χ4n) is 2.79. The highest BCUT2D eigenvalue weighted by molar-refractivity contribution is 5.79. The first kappa shape index (κ1) is 17.7. The zero-order valence-corrected chi connectivity index (χ0v) is 13.1. The Morgan fingerprint density at radius 1 is 1.17 bits per heavy atom. The van der Waals surface area contributed by atoms with Gasteiger partial charge < -0.3 is 10.6 Å². The number of nitrogens with two attached hydrogens (primary N) is 1. The molecule has 0 bridgehead atoms. The lowest BCUT2D eigenvalue weighted by Crippen LogP contribution is -2.52. The molecule has 1 heterocycles. The van der Waals surface area contributed by atoms with Gasteiger partial charge in [0.05, 0.1) is 12.5 Å². The van der Waals surface area contributed by atoms with E-state index in [1.807, 2.05) is 30.3 Å². The summed E-state index contributed by atoms with van der Waals surface area (Å²) in [5, 5.41) is 0. The van der Waals surface area contributed by atoms with Gasteiger partial charge in [-0.1, -0.05) is 37.3 Å². The second-order valence-corrected chi connectivity index (χ2v) is 5.94. The third kappa shape index (κ3) is 4.94. The molecule has 2 atom stereocenters. The Morgan fingerprint density at radius 3 is 2.26 bits per heavy atom. The predicted octanol–water partition coefficient (Wildman–Crippen LogP) is 2.03. The third-order valence-electron chi connectivity index (χ3n) is 4.20. The van der Waals surface area contributed by atoms with Gasteiger partial charge in [0.15, 0.2) is 0 Å². The van der Waals surface area contributed by atoms with Crippen LogP contribution >= 0.6 is 0 Å². The van der Waals surface area contributed by atoms with Gasteiger partial charge in [-0.25, -0.2) is 0 Å². The largest absolute Gasteiger partial charge is 0.401 e. The Morgan fingerprint density at radius 2 is 1.74 bits per heavy atom. The van der Waals surface area contributed by atoms with Gasteiger partial charge in [0, 0.05) is 32.2 Å². The van der Waals surface area contributed by atoms with Gasteiger partial charge in [-0.2, -0.15) is 13.2 Å². The van der Waals surface area contributed by atoms with E-state index in [-0.39, 0.29) is 19.0 Å². The van der Waals surface area contributed by atoms with Crippen molar-refractivity contribution in [2.75, 3.05) is 32.7 Å². The van der Waals surface area contributed by atoms with E-state index < -0.39 is 24.7 Å². The molecule has 7 heteroatoms. The molecule has 1 amide bonds. The summed E-state index contributed by atoms with van der Waals surface area (Å²) >= 11 is 0. The molecule has 0 spiro atoms. The number of rotatable bonds is 4. The lowest BCUT2D eigenvalue weighted by molar-refractivity contribution is -0.152. The van der Waals surface area contributed by atoms with Gasteiger partial charge in [0.1, 0.15) is 0 Å². The lowest BCUT2D eigenvalue weighted by Gasteiger charge is -2.37. The molecule has 2 rings (SSSR count). The Kier molecular flexibility index (Phi) is 5.64. The molecule has 0 saturated carbocycles. The number of amides is 1. The maximum absolute atomic E-state index is 12.5. The van der Waals surface area contributed by atoms with Gasteiger partial charge >= 0.3 is 6.18 Å². The zero-order chi connectivity index (χ0) is 17.0. The molecular weight excluding hydrogens is 307 g/mol. The molecule has 0 aromatic heterocycles. The second-order valence-electron chi connectivity index (χ2n) is 5.94.